The molecule has 2 N–H and O–H groups in total. The zero-order valence-electron chi connectivity index (χ0n) is 7.45. The summed E-state index contributed by atoms with van der Waals surface area (Å²) < 4.78 is 0.551. The van der Waals surface area contributed by atoms with Crippen molar-refractivity contribution in [3.05, 3.63) is 28.2 Å². The molecule has 15 heavy (non-hydrogen) atoms. The SMILES string of the molecule is C#CC(=O)Nc1cc(Br)cc(C(=O)O)c1. The largest absolute Gasteiger partial charge is 0.478 e. The normalized spacial score (nSPS) is 9.07. The van der Waals surface area contributed by atoms with Crippen molar-refractivity contribution >= 4 is 33.5 Å². The molecule has 5 heteroatoms. The van der Waals surface area contributed by atoms with Gasteiger partial charge in [0.2, 0.25) is 0 Å². The molecule has 4 nitrogen and oxygen atoms in total. The van der Waals surface area contributed by atoms with E-state index < -0.39 is 11.9 Å². The molecule has 0 spiro atoms. The van der Waals surface area contributed by atoms with Crippen molar-refractivity contribution in [1.29, 1.82) is 0 Å². The lowest BCUT2D eigenvalue weighted by Crippen LogP contribution is -2.09. The molecule has 0 aromatic heterocycles. The summed E-state index contributed by atoms with van der Waals surface area (Å²) in [5.41, 5.74) is 0.404. The van der Waals surface area contributed by atoms with E-state index in [1.54, 1.807) is 6.07 Å². The molecule has 0 atom stereocenters. The molecule has 0 radical (unpaired) electrons. The minimum atomic E-state index is -1.08. The molecular formula is C10H6BrNO3. The third-order valence-corrected chi connectivity index (χ3v) is 1.99. The van der Waals surface area contributed by atoms with Crippen molar-refractivity contribution in [2.75, 3.05) is 5.32 Å². The van der Waals surface area contributed by atoms with Gasteiger partial charge in [0.1, 0.15) is 0 Å². The third kappa shape index (κ3) is 3.11. The number of benzene rings is 1. The van der Waals surface area contributed by atoms with Gasteiger partial charge in [-0.2, -0.15) is 0 Å². The van der Waals surface area contributed by atoms with Crippen LogP contribution in [0.5, 0.6) is 0 Å². The summed E-state index contributed by atoms with van der Waals surface area (Å²) in [6.07, 6.45) is 4.87. The Labute approximate surface area is 94.4 Å². The van der Waals surface area contributed by atoms with E-state index in [2.05, 4.69) is 21.2 Å². The summed E-state index contributed by atoms with van der Waals surface area (Å²) in [6.45, 7) is 0. The first-order valence-corrected chi connectivity index (χ1v) is 4.63. The van der Waals surface area contributed by atoms with Crippen LogP contribution in [0.4, 0.5) is 5.69 Å². The van der Waals surface area contributed by atoms with Crippen LogP contribution in [0.3, 0.4) is 0 Å². The molecule has 0 saturated carbocycles. The van der Waals surface area contributed by atoms with E-state index in [1.165, 1.54) is 12.1 Å². The molecule has 0 aliphatic carbocycles. The number of nitrogens with one attached hydrogen (secondary N) is 1. The number of carbonyl (C=O) groups is 2. The average molecular weight is 268 g/mol. The summed E-state index contributed by atoms with van der Waals surface area (Å²) in [5.74, 6) is 0.172. The van der Waals surface area contributed by atoms with Crippen LogP contribution < -0.4 is 5.32 Å². The van der Waals surface area contributed by atoms with Gasteiger partial charge in [0.25, 0.3) is 5.91 Å². The molecule has 0 aliphatic heterocycles. The number of hydrogen-bond donors (Lipinski definition) is 2. The van der Waals surface area contributed by atoms with Gasteiger partial charge < -0.3 is 10.4 Å². The second kappa shape index (κ2) is 4.62. The molecule has 0 saturated heterocycles. The maximum atomic E-state index is 10.9. The zero-order valence-corrected chi connectivity index (χ0v) is 9.04. The van der Waals surface area contributed by atoms with E-state index in [9.17, 15) is 9.59 Å². The predicted octanol–water partition coefficient (Wildman–Crippen LogP) is 1.72. The minimum Gasteiger partial charge on any atom is -0.478 e. The summed E-state index contributed by atoms with van der Waals surface area (Å²) in [7, 11) is 0. The summed E-state index contributed by atoms with van der Waals surface area (Å²) in [4.78, 5) is 21.6. The number of amides is 1. The number of carboxylic acid groups (broad SMARTS) is 1. The maximum absolute atomic E-state index is 10.9. The van der Waals surface area contributed by atoms with Crippen LogP contribution in [0.1, 0.15) is 10.4 Å². The molecule has 1 aromatic rings. The fourth-order valence-electron chi connectivity index (χ4n) is 0.952. The first-order chi connectivity index (χ1) is 7.02. The number of rotatable bonds is 2. The second-order valence-corrected chi connectivity index (χ2v) is 3.55. The van der Waals surface area contributed by atoms with E-state index in [4.69, 9.17) is 11.5 Å². The molecule has 0 unspecified atom stereocenters. The molecule has 0 fully saturated rings. The second-order valence-electron chi connectivity index (χ2n) is 2.63. The highest BCUT2D eigenvalue weighted by Crippen LogP contribution is 2.19. The van der Waals surface area contributed by atoms with Crippen LogP contribution in [-0.4, -0.2) is 17.0 Å². The quantitative estimate of drug-likeness (QED) is 0.802. The Morgan fingerprint density at radius 2 is 2.07 bits per heavy atom. The summed E-state index contributed by atoms with van der Waals surface area (Å²) >= 11 is 3.13. The smallest absolute Gasteiger partial charge is 0.335 e. The topological polar surface area (TPSA) is 66.4 Å². The van der Waals surface area contributed by atoms with Crippen LogP contribution in [0, 0.1) is 12.3 Å². The zero-order chi connectivity index (χ0) is 11.4. The minimum absolute atomic E-state index is 0.0664. The summed E-state index contributed by atoms with van der Waals surface area (Å²) in [6, 6.07) is 4.30. The number of anilines is 1. The number of aromatic carboxylic acids is 1. The highest BCUT2D eigenvalue weighted by Gasteiger charge is 2.07. The monoisotopic (exact) mass is 267 g/mol. The standard InChI is InChI=1S/C10H6BrNO3/c1-2-9(13)12-8-4-6(10(14)15)3-7(11)5-8/h1,3-5H,(H,12,13)(H,14,15). The fourth-order valence-corrected chi connectivity index (χ4v) is 1.45. The fraction of sp³-hybridized carbons (Fsp3) is 0. The van der Waals surface area contributed by atoms with Crippen LogP contribution in [0.25, 0.3) is 0 Å². The lowest BCUT2D eigenvalue weighted by Gasteiger charge is -2.03. The van der Waals surface area contributed by atoms with Crippen molar-refractivity contribution in [2.24, 2.45) is 0 Å². The lowest BCUT2D eigenvalue weighted by molar-refractivity contribution is -0.111. The average Bonchev–Trinajstić information content (AvgIpc) is 2.16. The van der Waals surface area contributed by atoms with Gasteiger partial charge in [-0.15, -0.1) is 6.42 Å². The van der Waals surface area contributed by atoms with Crippen LogP contribution >= 0.6 is 15.9 Å². The van der Waals surface area contributed by atoms with E-state index >= 15 is 0 Å². The molecule has 1 rings (SSSR count). The molecule has 0 heterocycles. The van der Waals surface area contributed by atoms with Crippen molar-refractivity contribution in [2.45, 2.75) is 0 Å². The van der Waals surface area contributed by atoms with Crippen molar-refractivity contribution in [3.63, 3.8) is 0 Å². The third-order valence-electron chi connectivity index (χ3n) is 1.53. The van der Waals surface area contributed by atoms with Crippen molar-refractivity contribution in [3.8, 4) is 12.3 Å². The van der Waals surface area contributed by atoms with Gasteiger partial charge in [0, 0.05) is 10.2 Å². The highest BCUT2D eigenvalue weighted by molar-refractivity contribution is 9.10. The Bertz CT molecular complexity index is 462. The Balaban J connectivity index is 3.05. The number of carboxylic acids is 1. The Morgan fingerprint density at radius 3 is 2.60 bits per heavy atom. The number of terminal acetylenes is 1. The van der Waals surface area contributed by atoms with Gasteiger partial charge in [0.05, 0.1) is 5.56 Å². The first-order valence-electron chi connectivity index (χ1n) is 3.84. The van der Waals surface area contributed by atoms with Crippen molar-refractivity contribution in [1.82, 2.24) is 0 Å². The molecular weight excluding hydrogens is 262 g/mol. The first kappa shape index (κ1) is 11.3. The molecule has 1 aromatic carbocycles. The van der Waals surface area contributed by atoms with Crippen LogP contribution in [-0.2, 0) is 4.79 Å². The van der Waals surface area contributed by atoms with E-state index in [0.717, 1.165) is 0 Å². The van der Waals surface area contributed by atoms with E-state index in [0.29, 0.717) is 10.2 Å². The number of halogens is 1. The van der Waals surface area contributed by atoms with E-state index in [1.807, 2.05) is 5.92 Å². The number of carbonyl (C=O) groups excluding carboxylic acids is 1. The Hall–Kier alpha value is -1.80. The summed E-state index contributed by atoms with van der Waals surface area (Å²) in [5, 5.41) is 11.1. The Kier molecular flexibility index (Phi) is 3.47. The van der Waals surface area contributed by atoms with Gasteiger partial charge in [-0.3, -0.25) is 4.79 Å². The van der Waals surface area contributed by atoms with Gasteiger partial charge in [-0.1, -0.05) is 15.9 Å². The van der Waals surface area contributed by atoms with Gasteiger partial charge >= 0.3 is 5.97 Å². The van der Waals surface area contributed by atoms with E-state index in [-0.39, 0.29) is 5.56 Å². The van der Waals surface area contributed by atoms with Crippen LogP contribution in [0.2, 0.25) is 0 Å². The number of hydrogen-bond acceptors (Lipinski definition) is 2. The van der Waals surface area contributed by atoms with Gasteiger partial charge in [-0.25, -0.2) is 4.79 Å². The van der Waals surface area contributed by atoms with Gasteiger partial charge in [-0.05, 0) is 24.1 Å². The van der Waals surface area contributed by atoms with Crippen LogP contribution in [0.15, 0.2) is 22.7 Å². The lowest BCUT2D eigenvalue weighted by atomic mass is 10.2. The predicted molar refractivity (Wildman–Crippen MR) is 58.6 cm³/mol. The van der Waals surface area contributed by atoms with Crippen molar-refractivity contribution < 1.29 is 14.7 Å². The molecule has 76 valence electrons. The maximum Gasteiger partial charge on any atom is 0.335 e. The highest BCUT2D eigenvalue weighted by atomic mass is 79.9. The molecule has 0 aliphatic rings. The van der Waals surface area contributed by atoms with Gasteiger partial charge in [0.15, 0.2) is 0 Å². The Morgan fingerprint density at radius 1 is 1.40 bits per heavy atom. The molecule has 1 amide bonds. The molecule has 0 bridgehead atoms.